The van der Waals surface area contributed by atoms with Crippen molar-refractivity contribution in [2.24, 2.45) is 5.92 Å². The monoisotopic (exact) mass is 489 g/mol. The number of aromatic nitrogens is 1. The van der Waals surface area contributed by atoms with E-state index in [1.54, 1.807) is 34.9 Å². The number of amides is 2. The van der Waals surface area contributed by atoms with Crippen LogP contribution in [-0.4, -0.2) is 34.4 Å². The molecule has 0 spiro atoms. The zero-order valence-corrected chi connectivity index (χ0v) is 20.3. The molecule has 0 saturated carbocycles. The molecular formula is C31H27N3O3. The smallest absolute Gasteiger partial charge is 0.274 e. The van der Waals surface area contributed by atoms with Gasteiger partial charge in [-0.2, -0.15) is 0 Å². The summed E-state index contributed by atoms with van der Waals surface area (Å²) < 4.78 is 1.79. The highest BCUT2D eigenvalue weighted by Crippen LogP contribution is 2.36. The maximum atomic E-state index is 13.4. The van der Waals surface area contributed by atoms with Crippen LogP contribution in [0.3, 0.4) is 0 Å². The number of nitrogens with one attached hydrogen (secondary N) is 1. The molecule has 4 aromatic rings. The first-order valence-electron chi connectivity index (χ1n) is 12.6. The number of fused-ring (bicyclic) bond motifs is 4. The van der Waals surface area contributed by atoms with Gasteiger partial charge in [0.05, 0.1) is 0 Å². The standard InChI is InChI=1S/C31H27N3O3/c35-29(24-9-5-2-6-10-24)32-27-15-16-28-26-17-21(19-34(28)31(27)37)18-33(20-26)30(36)25-13-11-23(12-14-25)22-7-3-1-4-8-22/h1-16,21,26H,17-20H2,(H,32,35)/t21-,26+/m1/s1. The third-order valence-electron chi connectivity index (χ3n) is 7.41. The van der Waals surface area contributed by atoms with E-state index in [1.165, 1.54) is 0 Å². The zero-order chi connectivity index (χ0) is 25.4. The Balaban J connectivity index is 1.19. The molecule has 0 unspecified atom stereocenters. The molecule has 1 saturated heterocycles. The molecule has 2 bridgehead atoms. The van der Waals surface area contributed by atoms with Gasteiger partial charge in [-0.3, -0.25) is 14.4 Å². The van der Waals surface area contributed by atoms with Crippen molar-refractivity contribution < 1.29 is 9.59 Å². The highest BCUT2D eigenvalue weighted by Gasteiger charge is 2.37. The van der Waals surface area contributed by atoms with Gasteiger partial charge in [-0.25, -0.2) is 0 Å². The number of anilines is 1. The van der Waals surface area contributed by atoms with E-state index >= 15 is 0 Å². The van der Waals surface area contributed by atoms with Crippen molar-refractivity contribution in [3.05, 3.63) is 124 Å². The zero-order valence-electron chi connectivity index (χ0n) is 20.3. The second-order valence-corrected chi connectivity index (χ2v) is 9.86. The predicted octanol–water partition coefficient (Wildman–Crippen LogP) is 5.03. The summed E-state index contributed by atoms with van der Waals surface area (Å²) in [6.07, 6.45) is 0.950. The largest absolute Gasteiger partial charge is 0.338 e. The van der Waals surface area contributed by atoms with Crippen LogP contribution in [0.25, 0.3) is 11.1 Å². The maximum Gasteiger partial charge on any atom is 0.274 e. The highest BCUT2D eigenvalue weighted by molar-refractivity contribution is 6.04. The molecule has 1 fully saturated rings. The Morgan fingerprint density at radius 2 is 1.38 bits per heavy atom. The summed E-state index contributed by atoms with van der Waals surface area (Å²) in [5.41, 5.74) is 4.41. The van der Waals surface area contributed by atoms with Crippen molar-refractivity contribution in [2.75, 3.05) is 18.4 Å². The van der Waals surface area contributed by atoms with Gasteiger partial charge in [0.1, 0.15) is 5.69 Å². The molecule has 3 aromatic carbocycles. The topological polar surface area (TPSA) is 71.4 Å². The number of piperidine rings is 1. The maximum absolute atomic E-state index is 13.4. The van der Waals surface area contributed by atoms with Crippen molar-refractivity contribution in [1.82, 2.24) is 9.47 Å². The Hall–Kier alpha value is -4.45. The van der Waals surface area contributed by atoms with E-state index in [2.05, 4.69) is 17.4 Å². The van der Waals surface area contributed by atoms with E-state index in [9.17, 15) is 14.4 Å². The number of carbonyl (C=O) groups excluding carboxylic acids is 2. The van der Waals surface area contributed by atoms with Gasteiger partial charge in [-0.1, -0.05) is 60.7 Å². The van der Waals surface area contributed by atoms with E-state index in [-0.39, 0.29) is 34.9 Å². The van der Waals surface area contributed by atoms with E-state index in [0.29, 0.717) is 30.8 Å². The lowest BCUT2D eigenvalue weighted by Crippen LogP contribution is -2.49. The Bertz CT molecular complexity index is 1510. The molecule has 1 aromatic heterocycles. The lowest BCUT2D eigenvalue weighted by atomic mass is 9.83. The Labute approximate surface area is 215 Å². The molecule has 2 aliphatic rings. The average Bonchev–Trinajstić information content (AvgIpc) is 2.95. The number of likely N-dealkylation sites (tertiary alicyclic amines) is 1. The van der Waals surface area contributed by atoms with Crippen LogP contribution in [0.15, 0.2) is 102 Å². The molecule has 6 rings (SSSR count). The first-order chi connectivity index (χ1) is 18.1. The van der Waals surface area contributed by atoms with Crippen molar-refractivity contribution in [3.8, 4) is 11.1 Å². The highest BCUT2D eigenvalue weighted by atomic mass is 16.2. The molecule has 6 nitrogen and oxygen atoms in total. The summed E-state index contributed by atoms with van der Waals surface area (Å²) >= 11 is 0. The summed E-state index contributed by atoms with van der Waals surface area (Å²) in [5.74, 6) is 0.00402. The first kappa shape index (κ1) is 23.0. The molecule has 0 radical (unpaired) electrons. The van der Waals surface area contributed by atoms with Gasteiger partial charge in [0.15, 0.2) is 0 Å². The minimum absolute atomic E-state index is 0.0249. The van der Waals surface area contributed by atoms with Crippen LogP contribution in [0.5, 0.6) is 0 Å². The number of hydrogen-bond donors (Lipinski definition) is 1. The first-order valence-corrected chi connectivity index (χ1v) is 12.6. The number of carbonyl (C=O) groups is 2. The molecule has 184 valence electrons. The quantitative estimate of drug-likeness (QED) is 0.437. The molecule has 0 aliphatic carbocycles. The van der Waals surface area contributed by atoms with Crippen LogP contribution in [-0.2, 0) is 6.54 Å². The molecule has 2 aliphatic heterocycles. The van der Waals surface area contributed by atoms with E-state index in [4.69, 9.17) is 0 Å². The average molecular weight is 490 g/mol. The van der Waals surface area contributed by atoms with Gasteiger partial charge >= 0.3 is 0 Å². The lowest BCUT2D eigenvalue weighted by molar-refractivity contribution is 0.0594. The number of nitrogens with zero attached hydrogens (tertiary/aromatic N) is 2. The van der Waals surface area contributed by atoms with Crippen molar-refractivity contribution in [2.45, 2.75) is 18.9 Å². The Kier molecular flexibility index (Phi) is 5.93. The summed E-state index contributed by atoms with van der Waals surface area (Å²) in [4.78, 5) is 41.1. The number of rotatable bonds is 4. The molecule has 6 heteroatoms. The third-order valence-corrected chi connectivity index (χ3v) is 7.41. The summed E-state index contributed by atoms with van der Waals surface area (Å²) in [7, 11) is 0. The molecule has 2 amide bonds. The summed E-state index contributed by atoms with van der Waals surface area (Å²) in [5, 5.41) is 2.77. The number of benzene rings is 3. The van der Waals surface area contributed by atoms with Crippen LogP contribution in [0, 0.1) is 5.92 Å². The predicted molar refractivity (Wildman–Crippen MR) is 144 cm³/mol. The molecule has 1 N–H and O–H groups in total. The van der Waals surface area contributed by atoms with E-state index in [1.807, 2.05) is 59.5 Å². The summed E-state index contributed by atoms with van der Waals surface area (Å²) in [6.45, 7) is 1.73. The molecular weight excluding hydrogens is 462 g/mol. The normalized spacial score (nSPS) is 18.1. The van der Waals surface area contributed by atoms with Crippen LogP contribution in [0.4, 0.5) is 5.69 Å². The Morgan fingerprint density at radius 1 is 0.703 bits per heavy atom. The lowest BCUT2D eigenvalue weighted by Gasteiger charge is -2.43. The second-order valence-electron chi connectivity index (χ2n) is 9.86. The van der Waals surface area contributed by atoms with Gasteiger partial charge in [0, 0.05) is 42.4 Å². The fourth-order valence-corrected chi connectivity index (χ4v) is 5.61. The van der Waals surface area contributed by atoms with E-state index in [0.717, 1.165) is 23.2 Å². The van der Waals surface area contributed by atoms with Gasteiger partial charge in [0.25, 0.3) is 17.4 Å². The van der Waals surface area contributed by atoms with Crippen LogP contribution < -0.4 is 10.9 Å². The molecule has 3 heterocycles. The molecule has 2 atom stereocenters. The van der Waals surface area contributed by atoms with Crippen molar-refractivity contribution in [1.29, 1.82) is 0 Å². The SMILES string of the molecule is O=C(Nc1ccc2n(c1=O)C[C@@H]1C[C@H]2CN(C(=O)c2ccc(-c3ccccc3)cc2)C1)c1ccccc1. The van der Waals surface area contributed by atoms with Gasteiger partial charge in [-0.05, 0) is 59.9 Å². The summed E-state index contributed by atoms with van der Waals surface area (Å²) in [6, 6.07) is 30.4. The molecule has 37 heavy (non-hydrogen) atoms. The fraction of sp³-hybridized carbons (Fsp3) is 0.194. The minimum atomic E-state index is -0.302. The third kappa shape index (κ3) is 4.47. The Morgan fingerprint density at radius 3 is 2.11 bits per heavy atom. The second kappa shape index (κ2) is 9.54. The van der Waals surface area contributed by atoms with Crippen molar-refractivity contribution >= 4 is 17.5 Å². The minimum Gasteiger partial charge on any atom is -0.338 e. The number of hydrogen-bond acceptors (Lipinski definition) is 3. The van der Waals surface area contributed by atoms with Gasteiger partial charge < -0.3 is 14.8 Å². The fourth-order valence-electron chi connectivity index (χ4n) is 5.61. The van der Waals surface area contributed by atoms with Gasteiger partial charge in [-0.15, -0.1) is 0 Å². The van der Waals surface area contributed by atoms with Crippen LogP contribution in [0.1, 0.15) is 38.7 Å². The van der Waals surface area contributed by atoms with E-state index < -0.39 is 0 Å². The van der Waals surface area contributed by atoms with Gasteiger partial charge in [0.2, 0.25) is 0 Å². The number of pyridine rings is 1. The van der Waals surface area contributed by atoms with Crippen LogP contribution >= 0.6 is 0 Å². The van der Waals surface area contributed by atoms with Crippen LogP contribution in [0.2, 0.25) is 0 Å². The van der Waals surface area contributed by atoms with Crippen molar-refractivity contribution in [3.63, 3.8) is 0 Å².